The van der Waals surface area contributed by atoms with Gasteiger partial charge in [0.1, 0.15) is 18.1 Å². The van der Waals surface area contributed by atoms with Gasteiger partial charge in [0.25, 0.3) is 0 Å². The summed E-state index contributed by atoms with van der Waals surface area (Å²) in [5.74, 6) is -1.98. The average molecular weight is 408 g/mol. The quantitative estimate of drug-likeness (QED) is 0.567. The van der Waals surface area contributed by atoms with Gasteiger partial charge >= 0.3 is 5.97 Å². The van der Waals surface area contributed by atoms with Gasteiger partial charge in [0, 0.05) is 13.1 Å². The van der Waals surface area contributed by atoms with Crippen LogP contribution in [-0.2, 0) is 19.2 Å². The normalized spacial score (nSPS) is 28.0. The Hall–Kier alpha value is -2.16. The predicted octanol–water partition coefficient (Wildman–Crippen LogP) is -0.0542. The summed E-state index contributed by atoms with van der Waals surface area (Å²) in [6.07, 6.45) is 4.31. The van der Waals surface area contributed by atoms with Crippen LogP contribution in [0.2, 0.25) is 0 Å². The summed E-state index contributed by atoms with van der Waals surface area (Å²) in [5.41, 5.74) is 0. The van der Waals surface area contributed by atoms with Crippen LogP contribution in [-0.4, -0.2) is 82.4 Å². The van der Waals surface area contributed by atoms with Crippen molar-refractivity contribution in [1.82, 2.24) is 20.4 Å². The van der Waals surface area contributed by atoms with Gasteiger partial charge < -0.3 is 25.5 Å². The molecule has 0 aliphatic carbocycles. The van der Waals surface area contributed by atoms with E-state index in [2.05, 4.69) is 10.6 Å². The van der Waals surface area contributed by atoms with E-state index in [4.69, 9.17) is 0 Å². The number of amides is 3. The summed E-state index contributed by atoms with van der Waals surface area (Å²) >= 11 is 0. The van der Waals surface area contributed by atoms with Crippen molar-refractivity contribution >= 4 is 23.7 Å². The van der Waals surface area contributed by atoms with Crippen LogP contribution in [0.25, 0.3) is 0 Å². The second-order valence-electron chi connectivity index (χ2n) is 8.60. The Kier molecular flexibility index (Phi) is 6.77. The number of rotatable bonds is 6. The van der Waals surface area contributed by atoms with Gasteiger partial charge in [-0.3, -0.25) is 14.4 Å². The lowest BCUT2D eigenvalue weighted by Crippen LogP contribution is -2.56. The van der Waals surface area contributed by atoms with Gasteiger partial charge in [-0.05, 0) is 51.0 Å². The highest BCUT2D eigenvalue weighted by Crippen LogP contribution is 2.26. The molecule has 3 N–H and O–H groups in total. The maximum absolute atomic E-state index is 13.3. The van der Waals surface area contributed by atoms with Crippen LogP contribution in [0.5, 0.6) is 0 Å². The summed E-state index contributed by atoms with van der Waals surface area (Å²) in [7, 11) is 0. The third-order valence-corrected chi connectivity index (χ3v) is 6.25. The van der Waals surface area contributed by atoms with Crippen molar-refractivity contribution in [3.8, 4) is 0 Å². The number of nitrogens with one attached hydrogen (secondary N) is 2. The molecule has 0 radical (unpaired) electrons. The Labute approximate surface area is 171 Å². The van der Waals surface area contributed by atoms with Crippen LogP contribution < -0.4 is 10.6 Å². The van der Waals surface area contributed by atoms with E-state index >= 15 is 0 Å². The Morgan fingerprint density at radius 1 is 0.931 bits per heavy atom. The number of carbonyl (C=O) groups is 4. The van der Waals surface area contributed by atoms with Crippen LogP contribution in [0.4, 0.5) is 0 Å². The molecule has 3 heterocycles. The van der Waals surface area contributed by atoms with Crippen molar-refractivity contribution in [1.29, 1.82) is 0 Å². The minimum atomic E-state index is -1.08. The maximum atomic E-state index is 13.3. The van der Waals surface area contributed by atoms with E-state index in [1.807, 2.05) is 0 Å². The summed E-state index contributed by atoms with van der Waals surface area (Å²) in [5, 5.41) is 15.1. The largest absolute Gasteiger partial charge is 0.480 e. The molecule has 0 saturated carbocycles. The molecule has 9 nitrogen and oxygen atoms in total. The minimum Gasteiger partial charge on any atom is -0.480 e. The molecule has 3 aliphatic heterocycles. The first-order chi connectivity index (χ1) is 13.8. The van der Waals surface area contributed by atoms with E-state index in [1.54, 1.807) is 23.6 Å². The minimum absolute atomic E-state index is 0.0238. The lowest BCUT2D eigenvalue weighted by atomic mass is 10.0. The smallest absolute Gasteiger partial charge is 0.326 e. The maximum Gasteiger partial charge on any atom is 0.326 e. The molecule has 3 amide bonds. The first-order valence-electron chi connectivity index (χ1n) is 10.7. The summed E-state index contributed by atoms with van der Waals surface area (Å²) < 4.78 is 0. The fourth-order valence-corrected chi connectivity index (χ4v) is 4.64. The molecule has 0 aromatic rings. The van der Waals surface area contributed by atoms with Crippen LogP contribution in [0, 0.1) is 5.92 Å². The van der Waals surface area contributed by atoms with E-state index in [9.17, 15) is 24.3 Å². The summed E-state index contributed by atoms with van der Waals surface area (Å²) in [4.78, 5) is 53.5. The molecule has 9 heteroatoms. The molecule has 4 unspecified atom stereocenters. The van der Waals surface area contributed by atoms with Gasteiger partial charge in [-0.15, -0.1) is 0 Å². The molecule has 0 bridgehead atoms. The molecule has 0 spiro atoms. The fourth-order valence-electron chi connectivity index (χ4n) is 4.64. The molecule has 162 valence electrons. The van der Waals surface area contributed by atoms with Gasteiger partial charge in [-0.1, -0.05) is 13.8 Å². The highest BCUT2D eigenvalue weighted by molar-refractivity contribution is 5.95. The second kappa shape index (κ2) is 9.11. The van der Waals surface area contributed by atoms with Crippen molar-refractivity contribution in [2.45, 2.75) is 76.5 Å². The predicted molar refractivity (Wildman–Crippen MR) is 105 cm³/mol. The Balaban J connectivity index is 1.68. The lowest BCUT2D eigenvalue weighted by molar-refractivity contribution is -0.148. The van der Waals surface area contributed by atoms with Crippen molar-refractivity contribution in [3.63, 3.8) is 0 Å². The molecule has 0 aromatic carbocycles. The van der Waals surface area contributed by atoms with E-state index in [0.29, 0.717) is 32.4 Å². The van der Waals surface area contributed by atoms with Crippen molar-refractivity contribution in [3.05, 3.63) is 0 Å². The second-order valence-corrected chi connectivity index (χ2v) is 8.60. The van der Waals surface area contributed by atoms with Gasteiger partial charge in [-0.25, -0.2) is 4.79 Å². The van der Waals surface area contributed by atoms with Gasteiger partial charge in [0.2, 0.25) is 17.7 Å². The van der Waals surface area contributed by atoms with Crippen molar-refractivity contribution in [2.75, 3.05) is 19.6 Å². The zero-order valence-electron chi connectivity index (χ0n) is 17.2. The number of likely N-dealkylation sites (tertiary alicyclic amines) is 2. The van der Waals surface area contributed by atoms with E-state index in [0.717, 1.165) is 25.8 Å². The number of carboxylic acids is 1. The molecule has 3 aliphatic rings. The Morgan fingerprint density at radius 2 is 1.55 bits per heavy atom. The van der Waals surface area contributed by atoms with Crippen molar-refractivity contribution in [2.24, 2.45) is 5.92 Å². The zero-order chi connectivity index (χ0) is 21.1. The van der Waals surface area contributed by atoms with E-state index in [-0.39, 0.29) is 23.8 Å². The first kappa shape index (κ1) is 21.5. The molecule has 4 atom stereocenters. The molecular formula is C20H32N4O5. The lowest BCUT2D eigenvalue weighted by Gasteiger charge is -2.32. The number of aliphatic carboxylic acids is 1. The number of nitrogens with zero attached hydrogens (tertiary/aromatic N) is 2. The average Bonchev–Trinajstić information content (AvgIpc) is 3.44. The first-order valence-corrected chi connectivity index (χ1v) is 10.7. The van der Waals surface area contributed by atoms with Crippen molar-refractivity contribution < 1.29 is 24.3 Å². The van der Waals surface area contributed by atoms with Gasteiger partial charge in [-0.2, -0.15) is 0 Å². The highest BCUT2D eigenvalue weighted by Gasteiger charge is 2.44. The standard InChI is InChI=1S/C20H32N4O5/c1-12(2)16(20(28)29)22-17(25)14-7-4-10-23(14)19(27)15-8-5-11-24(15)18(26)13-6-3-9-21-13/h12-16,21H,3-11H2,1-2H3,(H,22,25)(H,28,29). The SMILES string of the molecule is CC(C)C(NC(=O)C1CCCN1C(=O)C1CCCN1C(=O)C1CCCN1)C(=O)O. The molecule has 3 rings (SSSR count). The summed E-state index contributed by atoms with van der Waals surface area (Å²) in [6, 6.07) is -2.41. The topological polar surface area (TPSA) is 119 Å². The Bertz CT molecular complexity index is 661. The molecule has 3 saturated heterocycles. The van der Waals surface area contributed by atoms with Crippen LogP contribution in [0.1, 0.15) is 52.4 Å². The third-order valence-electron chi connectivity index (χ3n) is 6.25. The number of hydrogen-bond acceptors (Lipinski definition) is 5. The highest BCUT2D eigenvalue weighted by atomic mass is 16.4. The molecule has 29 heavy (non-hydrogen) atoms. The number of carboxylic acid groups (broad SMARTS) is 1. The Morgan fingerprint density at radius 3 is 2.10 bits per heavy atom. The van der Waals surface area contributed by atoms with Crippen LogP contribution in [0.3, 0.4) is 0 Å². The molecular weight excluding hydrogens is 376 g/mol. The monoisotopic (exact) mass is 408 g/mol. The summed E-state index contributed by atoms with van der Waals surface area (Å²) in [6.45, 7) is 5.30. The number of hydrogen-bond donors (Lipinski definition) is 3. The van der Waals surface area contributed by atoms with E-state index in [1.165, 1.54) is 0 Å². The zero-order valence-corrected chi connectivity index (χ0v) is 17.2. The number of carbonyl (C=O) groups excluding carboxylic acids is 3. The van der Waals surface area contributed by atoms with Gasteiger partial charge in [0.15, 0.2) is 0 Å². The molecule has 0 aromatic heterocycles. The molecule has 3 fully saturated rings. The van der Waals surface area contributed by atoms with Crippen LogP contribution >= 0.6 is 0 Å². The van der Waals surface area contributed by atoms with Crippen LogP contribution in [0.15, 0.2) is 0 Å². The third kappa shape index (κ3) is 4.55. The van der Waals surface area contributed by atoms with E-state index < -0.39 is 30.0 Å². The fraction of sp³-hybridized carbons (Fsp3) is 0.800. The van der Waals surface area contributed by atoms with Gasteiger partial charge in [0.05, 0.1) is 6.04 Å².